The summed E-state index contributed by atoms with van der Waals surface area (Å²) < 4.78 is 2.10. The summed E-state index contributed by atoms with van der Waals surface area (Å²) in [5, 5.41) is 9.56. The van der Waals surface area contributed by atoms with E-state index in [0.29, 0.717) is 6.04 Å². The first-order valence-corrected chi connectivity index (χ1v) is 8.05. The van der Waals surface area contributed by atoms with Gasteiger partial charge in [-0.15, -0.1) is 0 Å². The number of likely N-dealkylation sites (N-methyl/N-ethyl adjacent to an activating group) is 1. The second-order valence-corrected chi connectivity index (χ2v) is 5.76. The number of nitrogens with zero attached hydrogens (tertiary/aromatic N) is 3. The minimum Gasteiger partial charge on any atom is -0.313 e. The molecule has 0 aliphatic heterocycles. The van der Waals surface area contributed by atoms with Gasteiger partial charge in [-0.3, -0.25) is 9.58 Å². The Morgan fingerprint density at radius 2 is 2.00 bits per heavy atom. The lowest BCUT2D eigenvalue weighted by Gasteiger charge is -2.20. The average molecular weight is 288 g/mol. The fourth-order valence-corrected chi connectivity index (χ4v) is 2.63. The van der Waals surface area contributed by atoms with Crippen molar-refractivity contribution in [3.8, 4) is 0 Å². The highest BCUT2D eigenvalue weighted by Crippen LogP contribution is 2.19. The van der Waals surface area contributed by atoms with Crippen molar-refractivity contribution in [1.82, 2.24) is 20.0 Å². The van der Waals surface area contributed by atoms with Gasteiger partial charge in [-0.05, 0) is 19.5 Å². The van der Waals surface area contributed by atoms with Gasteiger partial charge in [0.2, 0.25) is 0 Å². The summed E-state index contributed by atoms with van der Waals surface area (Å²) in [7, 11) is 0. The lowest BCUT2D eigenvalue weighted by atomic mass is 10.2. The van der Waals surface area contributed by atoms with Crippen molar-refractivity contribution in [3.63, 3.8) is 0 Å². The zero-order chi connectivity index (χ0) is 15.2. The van der Waals surface area contributed by atoms with E-state index in [2.05, 4.69) is 66.9 Å². The smallest absolute Gasteiger partial charge is 0.0843 e. The molecule has 0 amide bonds. The molecule has 1 N–H and O–H groups in total. The Kier molecular flexibility index (Phi) is 5.76. The molecule has 2 rings (SSSR count). The summed E-state index contributed by atoms with van der Waals surface area (Å²) in [4.78, 5) is 2.45. The molecule has 0 fully saturated rings. The number of para-hydroxylation sites is 1. The summed E-state index contributed by atoms with van der Waals surface area (Å²) in [5.41, 5.74) is 2.44. The molecule has 4 heteroatoms. The number of aryl methyl sites for hydroxylation is 1. The summed E-state index contributed by atoms with van der Waals surface area (Å²) in [5.74, 6) is 0. The second-order valence-electron chi connectivity index (χ2n) is 5.76. The van der Waals surface area contributed by atoms with Crippen LogP contribution in [0.5, 0.6) is 0 Å². The minimum atomic E-state index is 0.545. The number of benzene rings is 1. The molecule has 1 aromatic heterocycles. The first-order chi connectivity index (χ1) is 10.2. The third kappa shape index (κ3) is 4.05. The largest absolute Gasteiger partial charge is 0.313 e. The van der Waals surface area contributed by atoms with E-state index in [4.69, 9.17) is 5.10 Å². The van der Waals surface area contributed by atoms with Gasteiger partial charge >= 0.3 is 0 Å². The van der Waals surface area contributed by atoms with Crippen molar-refractivity contribution < 1.29 is 0 Å². The third-order valence-electron chi connectivity index (χ3n) is 3.84. The van der Waals surface area contributed by atoms with Gasteiger partial charge < -0.3 is 5.32 Å². The molecule has 116 valence electrons. The van der Waals surface area contributed by atoms with Crippen molar-refractivity contribution in [2.45, 2.75) is 46.8 Å². The molecule has 0 unspecified atom stereocenters. The zero-order valence-electron chi connectivity index (χ0n) is 13.8. The molecule has 1 heterocycles. The van der Waals surface area contributed by atoms with E-state index in [0.717, 1.165) is 32.7 Å². The maximum atomic E-state index is 4.79. The molecule has 4 nitrogen and oxygen atoms in total. The quantitative estimate of drug-likeness (QED) is 0.811. The first kappa shape index (κ1) is 16.0. The van der Waals surface area contributed by atoms with Crippen LogP contribution in [0.1, 0.15) is 33.4 Å². The molecule has 0 aliphatic rings. The fourth-order valence-electron chi connectivity index (χ4n) is 2.63. The van der Waals surface area contributed by atoms with Crippen molar-refractivity contribution in [2.75, 3.05) is 19.6 Å². The molecular formula is C17H28N4. The number of nitrogens with one attached hydrogen (secondary N) is 1. The number of aromatic nitrogens is 2. The molecule has 0 spiro atoms. The Bertz CT molecular complexity index is 559. The van der Waals surface area contributed by atoms with E-state index < -0.39 is 0 Å². The summed E-state index contributed by atoms with van der Waals surface area (Å²) in [6, 6.07) is 9.08. The van der Waals surface area contributed by atoms with Crippen LogP contribution < -0.4 is 5.32 Å². The molecule has 0 aliphatic carbocycles. The summed E-state index contributed by atoms with van der Waals surface area (Å²) >= 11 is 0. The maximum absolute atomic E-state index is 4.79. The lowest BCUT2D eigenvalue weighted by molar-refractivity contribution is 0.273. The number of rotatable bonds is 8. The standard InChI is InChI=1S/C17H28N4/c1-5-20(12-11-18-14(3)4)13-16-15-9-7-8-10-17(15)21(6-2)19-16/h7-10,14,18H,5-6,11-13H2,1-4H3. The van der Waals surface area contributed by atoms with Gasteiger partial charge in [0, 0.05) is 37.6 Å². The Hall–Kier alpha value is -1.39. The Balaban J connectivity index is 2.10. The maximum Gasteiger partial charge on any atom is 0.0843 e. The predicted octanol–water partition coefficient (Wildman–Crippen LogP) is 2.88. The molecule has 1 aromatic carbocycles. The first-order valence-electron chi connectivity index (χ1n) is 8.05. The van der Waals surface area contributed by atoms with Crippen molar-refractivity contribution in [2.24, 2.45) is 0 Å². The van der Waals surface area contributed by atoms with Crippen LogP contribution in [0.2, 0.25) is 0 Å². The van der Waals surface area contributed by atoms with E-state index in [9.17, 15) is 0 Å². The van der Waals surface area contributed by atoms with Gasteiger partial charge in [0.1, 0.15) is 0 Å². The number of hydrogen-bond acceptors (Lipinski definition) is 3. The number of fused-ring (bicyclic) bond motifs is 1. The summed E-state index contributed by atoms with van der Waals surface area (Å²) in [6.45, 7) is 13.7. The molecule has 0 saturated heterocycles. The number of hydrogen-bond donors (Lipinski definition) is 1. The van der Waals surface area contributed by atoms with Crippen LogP contribution >= 0.6 is 0 Å². The highest BCUT2D eigenvalue weighted by molar-refractivity contribution is 5.81. The Morgan fingerprint density at radius 3 is 2.67 bits per heavy atom. The van der Waals surface area contributed by atoms with Crippen LogP contribution in [0.15, 0.2) is 24.3 Å². The normalized spacial score (nSPS) is 11.9. The molecule has 0 atom stereocenters. The molecule has 21 heavy (non-hydrogen) atoms. The van der Waals surface area contributed by atoms with Crippen LogP contribution in [0.3, 0.4) is 0 Å². The molecule has 0 bridgehead atoms. The van der Waals surface area contributed by atoms with E-state index in [1.807, 2.05) is 0 Å². The van der Waals surface area contributed by atoms with Crippen molar-refractivity contribution >= 4 is 10.9 Å². The van der Waals surface area contributed by atoms with E-state index >= 15 is 0 Å². The van der Waals surface area contributed by atoms with E-state index in [1.165, 1.54) is 16.6 Å². The van der Waals surface area contributed by atoms with E-state index in [1.54, 1.807) is 0 Å². The van der Waals surface area contributed by atoms with Crippen molar-refractivity contribution in [1.29, 1.82) is 0 Å². The molecule has 2 aromatic rings. The Morgan fingerprint density at radius 1 is 1.24 bits per heavy atom. The van der Waals surface area contributed by atoms with Gasteiger partial charge in [0.15, 0.2) is 0 Å². The van der Waals surface area contributed by atoms with Gasteiger partial charge in [-0.1, -0.05) is 39.0 Å². The highest BCUT2D eigenvalue weighted by atomic mass is 15.3. The monoisotopic (exact) mass is 288 g/mol. The average Bonchev–Trinajstić information content (AvgIpc) is 2.84. The van der Waals surface area contributed by atoms with Gasteiger partial charge in [0.25, 0.3) is 0 Å². The van der Waals surface area contributed by atoms with Gasteiger partial charge in [-0.2, -0.15) is 5.10 Å². The molecular weight excluding hydrogens is 260 g/mol. The zero-order valence-corrected chi connectivity index (χ0v) is 13.8. The predicted molar refractivity (Wildman–Crippen MR) is 89.5 cm³/mol. The van der Waals surface area contributed by atoms with E-state index in [-0.39, 0.29) is 0 Å². The summed E-state index contributed by atoms with van der Waals surface area (Å²) in [6.07, 6.45) is 0. The minimum absolute atomic E-state index is 0.545. The highest BCUT2D eigenvalue weighted by Gasteiger charge is 2.12. The van der Waals surface area contributed by atoms with Crippen LogP contribution in [0.4, 0.5) is 0 Å². The fraction of sp³-hybridized carbons (Fsp3) is 0.588. The lowest BCUT2D eigenvalue weighted by Crippen LogP contribution is -2.34. The Labute approximate surface area is 128 Å². The van der Waals surface area contributed by atoms with Crippen LogP contribution in [0, 0.1) is 0 Å². The molecule has 0 radical (unpaired) electrons. The van der Waals surface area contributed by atoms with Crippen LogP contribution in [-0.2, 0) is 13.1 Å². The SMILES string of the molecule is CCN(CCNC(C)C)Cc1nn(CC)c2ccccc12. The van der Waals surface area contributed by atoms with Crippen LogP contribution in [0.25, 0.3) is 10.9 Å². The second kappa shape index (κ2) is 7.57. The van der Waals surface area contributed by atoms with Crippen molar-refractivity contribution in [3.05, 3.63) is 30.0 Å². The van der Waals surface area contributed by atoms with Crippen LogP contribution in [-0.4, -0.2) is 40.4 Å². The van der Waals surface area contributed by atoms with Gasteiger partial charge in [-0.25, -0.2) is 0 Å². The van der Waals surface area contributed by atoms with Gasteiger partial charge in [0.05, 0.1) is 11.2 Å². The topological polar surface area (TPSA) is 33.1 Å². The third-order valence-corrected chi connectivity index (χ3v) is 3.84. The molecule has 0 saturated carbocycles.